The van der Waals surface area contributed by atoms with Gasteiger partial charge in [-0.3, -0.25) is 0 Å². The van der Waals surface area contributed by atoms with Gasteiger partial charge in [-0.25, -0.2) is 0 Å². The molecule has 1 N–H and O–H groups in total. The molecule has 0 saturated heterocycles. The van der Waals surface area contributed by atoms with E-state index in [1.807, 2.05) is 7.05 Å². The molecule has 0 saturated carbocycles. The highest BCUT2D eigenvalue weighted by Gasteiger charge is 1.90. The Hall–Kier alpha value is -0.300. The van der Waals surface area contributed by atoms with E-state index in [9.17, 15) is 0 Å². The van der Waals surface area contributed by atoms with Gasteiger partial charge in [-0.15, -0.1) is 0 Å². The van der Waals surface area contributed by atoms with Gasteiger partial charge in [0.25, 0.3) is 0 Å². The lowest BCUT2D eigenvalue weighted by atomic mass is 10.1. The van der Waals surface area contributed by atoms with Crippen molar-refractivity contribution in [1.82, 2.24) is 5.32 Å². The second kappa shape index (κ2) is 8.79. The molecule has 0 unspecified atom stereocenters. The summed E-state index contributed by atoms with van der Waals surface area (Å²) >= 11 is 0. The van der Waals surface area contributed by atoms with Gasteiger partial charge in [0.15, 0.2) is 0 Å². The molecular formula is C11H23N. The van der Waals surface area contributed by atoms with E-state index in [1.165, 1.54) is 44.2 Å². The van der Waals surface area contributed by atoms with Gasteiger partial charge in [0.05, 0.1) is 0 Å². The van der Waals surface area contributed by atoms with Crippen LogP contribution in [0.15, 0.2) is 11.6 Å². The molecule has 0 aromatic rings. The summed E-state index contributed by atoms with van der Waals surface area (Å²) in [5.74, 6) is 0. The summed E-state index contributed by atoms with van der Waals surface area (Å²) in [7, 11) is 2.02. The van der Waals surface area contributed by atoms with E-state index in [0.717, 1.165) is 0 Å². The first-order chi connectivity index (χ1) is 5.81. The first-order valence-corrected chi connectivity index (χ1v) is 5.07. The van der Waals surface area contributed by atoms with Crippen molar-refractivity contribution in [3.8, 4) is 0 Å². The standard InChI is InChI=1S/C11H23N/c1-4-11(2)9-7-5-6-8-10-12-3/h4,12H,5-10H2,1-3H3/b11-4+. The van der Waals surface area contributed by atoms with Crippen LogP contribution in [0.5, 0.6) is 0 Å². The van der Waals surface area contributed by atoms with Crippen LogP contribution in [0.4, 0.5) is 0 Å². The third kappa shape index (κ3) is 7.80. The van der Waals surface area contributed by atoms with Gasteiger partial charge in [-0.2, -0.15) is 0 Å². The maximum atomic E-state index is 3.17. The SMILES string of the molecule is C/C=C(\C)CCCCCCNC. The quantitative estimate of drug-likeness (QED) is 0.456. The summed E-state index contributed by atoms with van der Waals surface area (Å²) in [6, 6.07) is 0. The molecule has 0 aliphatic carbocycles. The Morgan fingerprint density at radius 3 is 2.42 bits per heavy atom. The van der Waals surface area contributed by atoms with Gasteiger partial charge in [0.1, 0.15) is 0 Å². The van der Waals surface area contributed by atoms with Gasteiger partial charge in [-0.1, -0.05) is 24.5 Å². The molecule has 0 fully saturated rings. The Labute approximate surface area is 77.2 Å². The van der Waals surface area contributed by atoms with Crippen molar-refractivity contribution < 1.29 is 0 Å². The summed E-state index contributed by atoms with van der Waals surface area (Å²) < 4.78 is 0. The zero-order chi connectivity index (χ0) is 9.23. The Bertz CT molecular complexity index is 116. The van der Waals surface area contributed by atoms with Crippen LogP contribution in [0.3, 0.4) is 0 Å². The van der Waals surface area contributed by atoms with Crippen LogP contribution in [-0.4, -0.2) is 13.6 Å². The molecule has 0 bridgehead atoms. The number of hydrogen-bond acceptors (Lipinski definition) is 1. The fourth-order valence-electron chi connectivity index (χ4n) is 1.20. The maximum absolute atomic E-state index is 3.17. The fourth-order valence-corrected chi connectivity index (χ4v) is 1.20. The molecule has 0 aromatic carbocycles. The number of hydrogen-bond donors (Lipinski definition) is 1. The summed E-state index contributed by atoms with van der Waals surface area (Å²) in [5, 5.41) is 3.17. The number of allylic oxidation sites excluding steroid dienone is 2. The highest BCUT2D eigenvalue weighted by atomic mass is 14.8. The van der Waals surface area contributed by atoms with Crippen LogP contribution in [0, 0.1) is 0 Å². The Morgan fingerprint density at radius 1 is 1.17 bits per heavy atom. The molecular weight excluding hydrogens is 146 g/mol. The van der Waals surface area contributed by atoms with E-state index in [2.05, 4.69) is 25.2 Å². The van der Waals surface area contributed by atoms with Crippen LogP contribution < -0.4 is 5.32 Å². The first kappa shape index (κ1) is 11.7. The largest absolute Gasteiger partial charge is 0.320 e. The molecule has 0 heterocycles. The fraction of sp³-hybridized carbons (Fsp3) is 0.818. The molecule has 1 nitrogen and oxygen atoms in total. The van der Waals surface area contributed by atoms with Crippen molar-refractivity contribution in [2.45, 2.75) is 46.0 Å². The Balaban J connectivity index is 3.00. The molecule has 0 atom stereocenters. The highest BCUT2D eigenvalue weighted by molar-refractivity contribution is 4.94. The smallest absolute Gasteiger partial charge is 0.00519 e. The number of unbranched alkanes of at least 4 members (excludes halogenated alkanes) is 3. The maximum Gasteiger partial charge on any atom is -0.00519 e. The second-order valence-corrected chi connectivity index (χ2v) is 3.40. The molecule has 0 rings (SSSR count). The molecule has 0 spiro atoms. The average Bonchev–Trinajstić information content (AvgIpc) is 2.10. The van der Waals surface area contributed by atoms with E-state index >= 15 is 0 Å². The molecule has 0 radical (unpaired) electrons. The lowest BCUT2D eigenvalue weighted by molar-refractivity contribution is 0.615. The minimum atomic E-state index is 1.17. The van der Waals surface area contributed by atoms with Crippen molar-refractivity contribution in [2.24, 2.45) is 0 Å². The number of rotatable bonds is 7. The van der Waals surface area contributed by atoms with Gasteiger partial charge >= 0.3 is 0 Å². The third-order valence-electron chi connectivity index (χ3n) is 2.24. The molecule has 0 amide bonds. The van der Waals surface area contributed by atoms with Crippen molar-refractivity contribution >= 4 is 0 Å². The average molecular weight is 169 g/mol. The third-order valence-corrected chi connectivity index (χ3v) is 2.24. The lowest BCUT2D eigenvalue weighted by Crippen LogP contribution is -2.06. The summed E-state index contributed by atoms with van der Waals surface area (Å²) in [6.07, 6.45) is 8.94. The van der Waals surface area contributed by atoms with Crippen LogP contribution in [0.2, 0.25) is 0 Å². The Kier molecular flexibility index (Phi) is 8.57. The zero-order valence-corrected chi connectivity index (χ0v) is 8.82. The monoisotopic (exact) mass is 169 g/mol. The topological polar surface area (TPSA) is 12.0 Å². The Morgan fingerprint density at radius 2 is 1.83 bits per heavy atom. The van der Waals surface area contributed by atoms with Gasteiger partial charge in [-0.05, 0) is 46.7 Å². The predicted octanol–water partition coefficient (Wildman–Crippen LogP) is 3.12. The van der Waals surface area contributed by atoms with Crippen LogP contribution in [0.1, 0.15) is 46.0 Å². The lowest BCUT2D eigenvalue weighted by Gasteiger charge is -2.01. The van der Waals surface area contributed by atoms with Gasteiger partial charge in [0.2, 0.25) is 0 Å². The molecule has 0 aliphatic heterocycles. The minimum Gasteiger partial charge on any atom is -0.320 e. The van der Waals surface area contributed by atoms with Crippen molar-refractivity contribution in [1.29, 1.82) is 0 Å². The normalized spacial score (nSPS) is 12.1. The van der Waals surface area contributed by atoms with Gasteiger partial charge in [0, 0.05) is 0 Å². The summed E-state index contributed by atoms with van der Waals surface area (Å²) in [5.41, 5.74) is 1.53. The van der Waals surface area contributed by atoms with E-state index in [1.54, 1.807) is 0 Å². The van der Waals surface area contributed by atoms with E-state index in [4.69, 9.17) is 0 Å². The van der Waals surface area contributed by atoms with Crippen molar-refractivity contribution in [2.75, 3.05) is 13.6 Å². The first-order valence-electron chi connectivity index (χ1n) is 5.07. The summed E-state index contributed by atoms with van der Waals surface area (Å²) in [4.78, 5) is 0. The highest BCUT2D eigenvalue weighted by Crippen LogP contribution is 2.08. The van der Waals surface area contributed by atoms with Crippen LogP contribution in [-0.2, 0) is 0 Å². The predicted molar refractivity (Wildman–Crippen MR) is 56.4 cm³/mol. The van der Waals surface area contributed by atoms with Gasteiger partial charge < -0.3 is 5.32 Å². The molecule has 1 heteroatoms. The minimum absolute atomic E-state index is 1.17. The number of nitrogens with one attached hydrogen (secondary N) is 1. The van der Waals surface area contributed by atoms with E-state index in [0.29, 0.717) is 0 Å². The van der Waals surface area contributed by atoms with Crippen LogP contribution >= 0.6 is 0 Å². The molecule has 0 aromatic heterocycles. The second-order valence-electron chi connectivity index (χ2n) is 3.40. The summed E-state index contributed by atoms with van der Waals surface area (Å²) in [6.45, 7) is 5.51. The van der Waals surface area contributed by atoms with Crippen molar-refractivity contribution in [3.05, 3.63) is 11.6 Å². The molecule has 72 valence electrons. The van der Waals surface area contributed by atoms with E-state index in [-0.39, 0.29) is 0 Å². The molecule has 0 aliphatic rings. The zero-order valence-electron chi connectivity index (χ0n) is 8.82. The van der Waals surface area contributed by atoms with Crippen molar-refractivity contribution in [3.63, 3.8) is 0 Å². The van der Waals surface area contributed by atoms with Crippen LogP contribution in [0.25, 0.3) is 0 Å². The van der Waals surface area contributed by atoms with E-state index < -0.39 is 0 Å². The molecule has 12 heavy (non-hydrogen) atoms.